The molecule has 0 bridgehead atoms. The van der Waals surface area contributed by atoms with Gasteiger partial charge in [-0.05, 0) is 88.2 Å². The predicted octanol–water partition coefficient (Wildman–Crippen LogP) is 8.25. The Labute approximate surface area is 254 Å². The summed E-state index contributed by atoms with van der Waals surface area (Å²) < 4.78 is 4.25. The third-order valence-corrected chi connectivity index (χ3v) is 9.13. The SMILES string of the molecule is CCCCCCCCC(CCCCCC)Cn1c(O)c(C2=c3ccc(I)cc3=NC2=O)c2ccc(I)cc21. The van der Waals surface area contributed by atoms with Gasteiger partial charge in [0.15, 0.2) is 5.88 Å². The maximum Gasteiger partial charge on any atom is 0.279 e. The molecule has 38 heavy (non-hydrogen) atoms. The lowest BCUT2D eigenvalue weighted by Gasteiger charge is -2.19. The van der Waals surface area contributed by atoms with E-state index < -0.39 is 0 Å². The number of rotatable bonds is 15. The summed E-state index contributed by atoms with van der Waals surface area (Å²) in [5.74, 6) is 0.444. The van der Waals surface area contributed by atoms with Gasteiger partial charge in [0.2, 0.25) is 0 Å². The summed E-state index contributed by atoms with van der Waals surface area (Å²) in [5.41, 5.74) is 2.16. The highest BCUT2D eigenvalue weighted by molar-refractivity contribution is 14.1. The Hall–Kier alpha value is -1.42. The van der Waals surface area contributed by atoms with E-state index in [1.807, 2.05) is 18.2 Å². The van der Waals surface area contributed by atoms with Gasteiger partial charge in [-0.15, -0.1) is 0 Å². The van der Waals surface area contributed by atoms with Crippen molar-refractivity contribution in [1.82, 2.24) is 4.57 Å². The zero-order valence-electron chi connectivity index (χ0n) is 22.7. The molecule has 4 rings (SSSR count). The van der Waals surface area contributed by atoms with Crippen molar-refractivity contribution in [2.75, 3.05) is 0 Å². The molecule has 6 heteroatoms. The van der Waals surface area contributed by atoms with Gasteiger partial charge in [-0.25, -0.2) is 4.99 Å². The zero-order valence-corrected chi connectivity index (χ0v) is 27.1. The molecule has 4 nitrogen and oxygen atoms in total. The smallest absolute Gasteiger partial charge is 0.279 e. The van der Waals surface area contributed by atoms with Crippen LogP contribution in [0.3, 0.4) is 0 Å². The lowest BCUT2D eigenvalue weighted by atomic mass is 9.94. The molecule has 1 aromatic heterocycles. The molecule has 2 heterocycles. The van der Waals surface area contributed by atoms with Crippen LogP contribution in [-0.4, -0.2) is 15.6 Å². The van der Waals surface area contributed by atoms with Crippen molar-refractivity contribution in [3.63, 3.8) is 0 Å². The van der Waals surface area contributed by atoms with Gasteiger partial charge in [0, 0.05) is 24.3 Å². The number of carbonyl (C=O) groups excluding carboxylic acids is 1. The van der Waals surface area contributed by atoms with Crippen LogP contribution in [-0.2, 0) is 11.3 Å². The number of halogens is 2. The fourth-order valence-corrected chi connectivity index (χ4v) is 6.68. The van der Waals surface area contributed by atoms with Crippen LogP contribution in [0.15, 0.2) is 41.4 Å². The minimum atomic E-state index is -0.266. The van der Waals surface area contributed by atoms with Crippen molar-refractivity contribution in [2.45, 2.75) is 97.4 Å². The molecular weight excluding hydrogens is 698 g/mol. The highest BCUT2D eigenvalue weighted by Crippen LogP contribution is 2.38. The zero-order chi connectivity index (χ0) is 27.1. The molecule has 204 valence electrons. The molecule has 1 aliphatic heterocycles. The second-order valence-corrected chi connectivity index (χ2v) is 13.2. The molecule has 0 aliphatic carbocycles. The van der Waals surface area contributed by atoms with Crippen LogP contribution in [0.1, 0.15) is 96.5 Å². The molecule has 1 aliphatic rings. The average molecular weight is 738 g/mol. The second-order valence-electron chi connectivity index (χ2n) is 10.7. The summed E-state index contributed by atoms with van der Waals surface area (Å²) in [5, 5.41) is 14.2. The lowest BCUT2D eigenvalue weighted by Crippen LogP contribution is -2.23. The van der Waals surface area contributed by atoms with Crippen molar-refractivity contribution in [2.24, 2.45) is 10.9 Å². The number of hydrogen-bond acceptors (Lipinski definition) is 2. The van der Waals surface area contributed by atoms with E-state index in [4.69, 9.17) is 0 Å². The average Bonchev–Trinajstić information content (AvgIpc) is 3.34. The summed E-state index contributed by atoms with van der Waals surface area (Å²) in [7, 11) is 0. The molecule has 1 atom stereocenters. The Bertz CT molecular complexity index is 1390. The summed E-state index contributed by atoms with van der Waals surface area (Å²) in [4.78, 5) is 17.5. The number of hydrogen-bond donors (Lipinski definition) is 1. The fraction of sp³-hybridized carbons (Fsp3) is 0.500. The van der Waals surface area contributed by atoms with E-state index >= 15 is 0 Å². The van der Waals surface area contributed by atoms with Crippen molar-refractivity contribution in [3.8, 4) is 5.88 Å². The summed E-state index contributed by atoms with van der Waals surface area (Å²) >= 11 is 4.58. The summed E-state index contributed by atoms with van der Waals surface area (Å²) in [6, 6.07) is 12.2. The number of aromatic nitrogens is 1. The Morgan fingerprint density at radius 3 is 2.16 bits per heavy atom. The van der Waals surface area contributed by atoms with Crippen LogP contribution in [0, 0.1) is 13.1 Å². The molecule has 0 saturated heterocycles. The number of amides is 1. The molecule has 0 saturated carbocycles. The minimum Gasteiger partial charge on any atom is -0.494 e. The van der Waals surface area contributed by atoms with E-state index in [-0.39, 0.29) is 11.8 Å². The molecule has 1 amide bonds. The quantitative estimate of drug-likeness (QED) is 0.126. The van der Waals surface area contributed by atoms with E-state index in [0.29, 0.717) is 22.4 Å². The van der Waals surface area contributed by atoms with Crippen molar-refractivity contribution in [1.29, 1.82) is 0 Å². The third kappa shape index (κ3) is 7.01. The van der Waals surface area contributed by atoms with Gasteiger partial charge in [-0.1, -0.05) is 90.2 Å². The number of fused-ring (bicyclic) bond motifs is 2. The van der Waals surface area contributed by atoms with Gasteiger partial charge in [-0.3, -0.25) is 4.79 Å². The topological polar surface area (TPSA) is 54.6 Å². The monoisotopic (exact) mass is 738 g/mol. The summed E-state index contributed by atoms with van der Waals surface area (Å²) in [6.07, 6.45) is 15.2. The van der Waals surface area contributed by atoms with Crippen molar-refractivity contribution in [3.05, 3.63) is 59.7 Å². The molecule has 0 spiro atoms. The van der Waals surface area contributed by atoms with Gasteiger partial charge in [0.1, 0.15) is 0 Å². The fourth-order valence-electron chi connectivity index (χ4n) is 5.73. The van der Waals surface area contributed by atoms with Crippen LogP contribution in [0.2, 0.25) is 0 Å². The number of benzene rings is 2. The molecule has 0 fully saturated rings. The number of unbranched alkanes of at least 4 members (excludes halogenated alkanes) is 8. The highest BCUT2D eigenvalue weighted by Gasteiger charge is 2.28. The Morgan fingerprint density at radius 2 is 1.45 bits per heavy atom. The largest absolute Gasteiger partial charge is 0.494 e. The van der Waals surface area contributed by atoms with Gasteiger partial charge in [0.25, 0.3) is 5.91 Å². The first-order valence-corrected chi connectivity index (χ1v) is 16.5. The predicted molar refractivity (Wildman–Crippen MR) is 174 cm³/mol. The van der Waals surface area contributed by atoms with E-state index in [1.165, 1.54) is 77.0 Å². The highest BCUT2D eigenvalue weighted by atomic mass is 127. The Morgan fingerprint density at radius 1 is 0.842 bits per heavy atom. The van der Waals surface area contributed by atoms with E-state index in [2.05, 4.69) is 86.8 Å². The molecule has 0 radical (unpaired) electrons. The number of aromatic hydroxyl groups is 1. The Balaban J connectivity index is 1.69. The van der Waals surface area contributed by atoms with Crippen LogP contribution >= 0.6 is 45.2 Å². The van der Waals surface area contributed by atoms with Crippen molar-refractivity contribution < 1.29 is 9.90 Å². The summed E-state index contributed by atoms with van der Waals surface area (Å²) in [6.45, 7) is 5.30. The maximum atomic E-state index is 13.2. The van der Waals surface area contributed by atoms with E-state index in [1.54, 1.807) is 0 Å². The first-order valence-electron chi connectivity index (χ1n) is 14.4. The first-order chi connectivity index (χ1) is 18.4. The molecule has 2 aromatic carbocycles. The van der Waals surface area contributed by atoms with Crippen LogP contribution in [0.25, 0.3) is 16.5 Å². The molecule has 1 N–H and O–H groups in total. The first kappa shape index (κ1) is 29.6. The number of nitrogens with zero attached hydrogens (tertiary/aromatic N) is 2. The second kappa shape index (κ2) is 14.3. The lowest BCUT2D eigenvalue weighted by molar-refractivity contribution is -0.112. The van der Waals surface area contributed by atoms with E-state index in [9.17, 15) is 9.90 Å². The van der Waals surface area contributed by atoms with Gasteiger partial charge >= 0.3 is 0 Å². The maximum absolute atomic E-state index is 13.2. The Kier molecular flexibility index (Phi) is 11.1. The molecule has 1 unspecified atom stereocenters. The normalized spacial score (nSPS) is 13.8. The van der Waals surface area contributed by atoms with E-state index in [0.717, 1.165) is 29.8 Å². The minimum absolute atomic E-state index is 0.202. The standard InChI is InChI=1S/C32H40I2N2O2/c1-3-5-7-9-10-12-14-22(13-11-8-6-4-2)21-36-28-20-24(34)16-18-26(28)30(32(36)38)29-25-17-15-23(33)19-27(25)35-31(29)37/h15-20,22,38H,3-14,21H2,1-2H3. The van der Waals surface area contributed by atoms with Crippen LogP contribution in [0.4, 0.5) is 0 Å². The van der Waals surface area contributed by atoms with Gasteiger partial charge in [0.05, 0.1) is 22.0 Å². The van der Waals surface area contributed by atoms with Crippen LogP contribution < -0.4 is 10.6 Å². The number of carbonyl (C=O) groups is 1. The van der Waals surface area contributed by atoms with Gasteiger partial charge < -0.3 is 9.67 Å². The van der Waals surface area contributed by atoms with Crippen molar-refractivity contribution >= 4 is 67.6 Å². The third-order valence-electron chi connectivity index (χ3n) is 7.79. The van der Waals surface area contributed by atoms with Gasteiger partial charge in [-0.2, -0.15) is 0 Å². The molecule has 3 aromatic rings. The van der Waals surface area contributed by atoms with Crippen LogP contribution in [0.5, 0.6) is 5.88 Å². The molecular formula is C32H40I2N2O2.